The second-order valence-electron chi connectivity index (χ2n) is 5.39. The van der Waals surface area contributed by atoms with Gasteiger partial charge in [0.2, 0.25) is 0 Å². The van der Waals surface area contributed by atoms with Crippen LogP contribution in [0.1, 0.15) is 31.4 Å². The maximum atomic E-state index is 8.75. The average molecular weight is 275 g/mol. The second-order valence-corrected chi connectivity index (χ2v) is 5.39. The summed E-state index contributed by atoms with van der Waals surface area (Å²) in [5, 5.41) is 8.75. The van der Waals surface area contributed by atoms with Crippen molar-refractivity contribution in [3.05, 3.63) is 29.3 Å². The van der Waals surface area contributed by atoms with E-state index in [1.54, 1.807) is 7.11 Å². The van der Waals surface area contributed by atoms with E-state index in [4.69, 9.17) is 9.84 Å². The highest BCUT2D eigenvalue weighted by Crippen LogP contribution is 2.21. The first-order chi connectivity index (χ1) is 9.56. The van der Waals surface area contributed by atoms with Crippen LogP contribution in [0.2, 0.25) is 0 Å². The molecule has 3 heteroatoms. The number of rotatable bonds is 6. The molecule has 0 spiro atoms. The van der Waals surface area contributed by atoms with Crippen LogP contribution in [0.5, 0.6) is 5.75 Å². The van der Waals surface area contributed by atoms with E-state index < -0.39 is 0 Å². The molecule has 1 aromatic rings. The van der Waals surface area contributed by atoms with Gasteiger partial charge in [-0.05, 0) is 31.2 Å². The van der Waals surface area contributed by atoms with Gasteiger partial charge in [0.15, 0.2) is 0 Å². The second kappa shape index (κ2) is 8.63. The van der Waals surface area contributed by atoms with Gasteiger partial charge in [0, 0.05) is 30.6 Å². The summed E-state index contributed by atoms with van der Waals surface area (Å²) in [6, 6.07) is 5.98. The molecule has 0 aliphatic rings. The Kier molecular flexibility index (Phi) is 7.14. The van der Waals surface area contributed by atoms with Crippen LogP contribution in [-0.2, 0) is 6.54 Å². The van der Waals surface area contributed by atoms with Crippen molar-refractivity contribution in [1.82, 2.24) is 4.90 Å². The normalized spacial score (nSPS) is 10.6. The van der Waals surface area contributed by atoms with E-state index in [1.807, 2.05) is 12.1 Å². The monoisotopic (exact) mass is 275 g/mol. The molecule has 0 heterocycles. The number of benzene rings is 1. The summed E-state index contributed by atoms with van der Waals surface area (Å²) in [4.78, 5) is 2.29. The van der Waals surface area contributed by atoms with Crippen molar-refractivity contribution in [2.75, 3.05) is 27.3 Å². The Morgan fingerprint density at radius 2 is 2.10 bits per heavy atom. The van der Waals surface area contributed by atoms with Crippen molar-refractivity contribution in [1.29, 1.82) is 0 Å². The van der Waals surface area contributed by atoms with E-state index in [1.165, 1.54) is 0 Å². The van der Waals surface area contributed by atoms with Gasteiger partial charge in [0.25, 0.3) is 0 Å². The van der Waals surface area contributed by atoms with Gasteiger partial charge in [0.1, 0.15) is 5.75 Å². The van der Waals surface area contributed by atoms with Gasteiger partial charge in [-0.1, -0.05) is 25.7 Å². The Morgan fingerprint density at radius 1 is 1.35 bits per heavy atom. The third-order valence-corrected chi connectivity index (χ3v) is 2.87. The van der Waals surface area contributed by atoms with Gasteiger partial charge in [-0.3, -0.25) is 0 Å². The molecular weight excluding hydrogens is 250 g/mol. The molecule has 0 radical (unpaired) electrons. The highest BCUT2D eigenvalue weighted by atomic mass is 16.5. The Hall–Kier alpha value is -1.50. The molecule has 0 unspecified atom stereocenters. The summed E-state index contributed by atoms with van der Waals surface area (Å²) >= 11 is 0. The van der Waals surface area contributed by atoms with Crippen LogP contribution in [-0.4, -0.2) is 37.3 Å². The Labute approximate surface area is 122 Å². The number of hydrogen-bond donors (Lipinski definition) is 1. The van der Waals surface area contributed by atoms with E-state index in [0.717, 1.165) is 30.0 Å². The molecule has 0 atom stereocenters. The van der Waals surface area contributed by atoms with Gasteiger partial charge >= 0.3 is 0 Å². The smallest absolute Gasteiger partial charge is 0.123 e. The van der Waals surface area contributed by atoms with Crippen LogP contribution in [0.15, 0.2) is 18.2 Å². The molecule has 20 heavy (non-hydrogen) atoms. The molecule has 0 aromatic heterocycles. The summed E-state index contributed by atoms with van der Waals surface area (Å²) in [6.07, 6.45) is 0.509. The lowest BCUT2D eigenvalue weighted by atomic mass is 10.1. The van der Waals surface area contributed by atoms with Gasteiger partial charge in [-0.15, -0.1) is 0 Å². The van der Waals surface area contributed by atoms with Crippen LogP contribution in [0.25, 0.3) is 0 Å². The largest absolute Gasteiger partial charge is 0.496 e. The van der Waals surface area contributed by atoms with Crippen LogP contribution in [0.4, 0.5) is 0 Å². The van der Waals surface area contributed by atoms with Crippen molar-refractivity contribution in [3.8, 4) is 17.6 Å². The first-order valence-electron chi connectivity index (χ1n) is 7.02. The lowest BCUT2D eigenvalue weighted by Crippen LogP contribution is -2.23. The Morgan fingerprint density at radius 3 is 2.70 bits per heavy atom. The SMILES string of the molecule is COc1ccc(C#CCCO)cc1CN(C)CC(C)C. The van der Waals surface area contributed by atoms with Crippen molar-refractivity contribution in [2.24, 2.45) is 5.92 Å². The van der Waals surface area contributed by atoms with Crippen LogP contribution >= 0.6 is 0 Å². The first kappa shape index (κ1) is 16.6. The van der Waals surface area contributed by atoms with E-state index in [0.29, 0.717) is 12.3 Å². The topological polar surface area (TPSA) is 32.7 Å². The van der Waals surface area contributed by atoms with Crippen LogP contribution < -0.4 is 4.74 Å². The summed E-state index contributed by atoms with van der Waals surface area (Å²) in [5.74, 6) is 7.55. The van der Waals surface area contributed by atoms with Gasteiger partial charge < -0.3 is 14.7 Å². The predicted octanol–water partition coefficient (Wildman–Crippen LogP) is 2.52. The molecule has 0 fully saturated rings. The maximum absolute atomic E-state index is 8.75. The molecule has 0 aliphatic heterocycles. The number of ether oxygens (including phenoxy) is 1. The third kappa shape index (κ3) is 5.64. The minimum Gasteiger partial charge on any atom is -0.496 e. The zero-order valence-electron chi connectivity index (χ0n) is 12.9. The number of aliphatic hydroxyl groups is 1. The van der Waals surface area contributed by atoms with E-state index >= 15 is 0 Å². The first-order valence-corrected chi connectivity index (χ1v) is 7.02. The molecule has 0 bridgehead atoms. The summed E-state index contributed by atoms with van der Waals surface area (Å²) in [7, 11) is 3.81. The highest BCUT2D eigenvalue weighted by molar-refractivity contribution is 5.44. The van der Waals surface area contributed by atoms with Crippen molar-refractivity contribution >= 4 is 0 Å². The molecule has 110 valence electrons. The highest BCUT2D eigenvalue weighted by Gasteiger charge is 2.08. The van der Waals surface area contributed by atoms with E-state index in [9.17, 15) is 0 Å². The van der Waals surface area contributed by atoms with E-state index in [-0.39, 0.29) is 6.61 Å². The fourth-order valence-electron chi connectivity index (χ4n) is 2.18. The lowest BCUT2D eigenvalue weighted by Gasteiger charge is -2.20. The van der Waals surface area contributed by atoms with Gasteiger partial charge in [-0.2, -0.15) is 0 Å². The molecule has 0 aliphatic carbocycles. The summed E-state index contributed by atoms with van der Waals surface area (Å²) < 4.78 is 5.42. The molecule has 0 amide bonds. The lowest BCUT2D eigenvalue weighted by molar-refractivity contribution is 0.283. The fourth-order valence-corrected chi connectivity index (χ4v) is 2.18. The molecule has 3 nitrogen and oxygen atoms in total. The van der Waals surface area contributed by atoms with Crippen molar-refractivity contribution in [2.45, 2.75) is 26.8 Å². The fraction of sp³-hybridized carbons (Fsp3) is 0.529. The standard InChI is InChI=1S/C17H25NO2/c1-14(2)12-18(3)13-16-11-15(7-5-6-10-19)8-9-17(16)20-4/h8-9,11,14,19H,6,10,12-13H2,1-4H3. The molecule has 1 N–H and O–H groups in total. The Bertz CT molecular complexity index is 472. The van der Waals surface area contributed by atoms with Crippen LogP contribution in [0, 0.1) is 17.8 Å². The number of hydrogen-bond acceptors (Lipinski definition) is 3. The molecule has 1 rings (SSSR count). The minimum atomic E-state index is 0.104. The zero-order chi connectivity index (χ0) is 15.0. The summed E-state index contributed by atoms with van der Waals surface area (Å²) in [6.45, 7) is 6.42. The molecule has 0 saturated heterocycles. The summed E-state index contributed by atoms with van der Waals surface area (Å²) in [5.41, 5.74) is 2.11. The van der Waals surface area contributed by atoms with Gasteiger partial charge in [0.05, 0.1) is 13.7 Å². The minimum absolute atomic E-state index is 0.104. The quantitative estimate of drug-likeness (QED) is 0.810. The van der Waals surface area contributed by atoms with E-state index in [2.05, 4.69) is 43.7 Å². The average Bonchev–Trinajstić information content (AvgIpc) is 2.38. The Balaban J connectivity index is 2.86. The molecule has 0 saturated carbocycles. The number of nitrogens with zero attached hydrogens (tertiary/aromatic N) is 1. The third-order valence-electron chi connectivity index (χ3n) is 2.87. The number of aliphatic hydroxyl groups excluding tert-OH is 1. The predicted molar refractivity (Wildman–Crippen MR) is 82.7 cm³/mol. The maximum Gasteiger partial charge on any atom is 0.123 e. The number of methoxy groups -OCH3 is 1. The van der Waals surface area contributed by atoms with Crippen molar-refractivity contribution < 1.29 is 9.84 Å². The van der Waals surface area contributed by atoms with Gasteiger partial charge in [-0.25, -0.2) is 0 Å². The zero-order valence-corrected chi connectivity index (χ0v) is 12.9. The van der Waals surface area contributed by atoms with Crippen molar-refractivity contribution in [3.63, 3.8) is 0 Å². The molecular formula is C17H25NO2. The van der Waals surface area contributed by atoms with Crippen LogP contribution in [0.3, 0.4) is 0 Å². The molecule has 1 aromatic carbocycles.